The number of rotatable bonds is 5. The third kappa shape index (κ3) is 3.99. The van der Waals surface area contributed by atoms with Gasteiger partial charge in [0.05, 0.1) is 11.2 Å². The van der Waals surface area contributed by atoms with Crippen molar-refractivity contribution in [3.63, 3.8) is 0 Å². The second-order valence-corrected chi connectivity index (χ2v) is 4.53. The number of alkyl halides is 3. The molecule has 0 aliphatic heterocycles. The molecule has 0 aliphatic rings. The molecule has 1 aromatic rings. The molecule has 2 nitrogen and oxygen atoms in total. The average molecular weight is 261 g/mol. The molecule has 0 saturated carbocycles. The van der Waals surface area contributed by atoms with Crippen molar-refractivity contribution in [2.24, 2.45) is 0 Å². The molecule has 5 heteroatoms. The Bertz CT molecular complexity index is 371. The first-order valence-corrected chi connectivity index (χ1v) is 5.88. The molecule has 2 N–H and O–H groups in total. The van der Waals surface area contributed by atoms with Crippen LogP contribution in [0.25, 0.3) is 0 Å². The number of benzene rings is 1. The lowest BCUT2D eigenvalue weighted by Crippen LogP contribution is -2.35. The van der Waals surface area contributed by atoms with E-state index in [4.69, 9.17) is 0 Å². The van der Waals surface area contributed by atoms with E-state index < -0.39 is 17.3 Å². The average Bonchev–Trinajstić information content (AvgIpc) is 2.28. The minimum atomic E-state index is -4.34. The Kier molecular flexibility index (Phi) is 4.76. The zero-order valence-corrected chi connectivity index (χ0v) is 10.5. The Morgan fingerprint density at radius 1 is 1.11 bits per heavy atom. The van der Waals surface area contributed by atoms with Crippen LogP contribution in [0.15, 0.2) is 24.3 Å². The fourth-order valence-corrected chi connectivity index (χ4v) is 1.63. The zero-order valence-electron chi connectivity index (χ0n) is 10.5. The maximum absolute atomic E-state index is 12.4. The normalized spacial score (nSPS) is 15.4. The van der Waals surface area contributed by atoms with E-state index in [9.17, 15) is 18.3 Å². The fraction of sp³-hybridized carbons (Fsp3) is 0.538. The van der Waals surface area contributed by atoms with Crippen molar-refractivity contribution in [3.05, 3.63) is 35.4 Å². The number of hydrogen-bond acceptors (Lipinski definition) is 2. The first-order valence-electron chi connectivity index (χ1n) is 5.88. The van der Waals surface area contributed by atoms with E-state index >= 15 is 0 Å². The van der Waals surface area contributed by atoms with Gasteiger partial charge >= 0.3 is 6.18 Å². The molecule has 0 heterocycles. The van der Waals surface area contributed by atoms with Crippen molar-refractivity contribution in [2.45, 2.75) is 32.0 Å². The van der Waals surface area contributed by atoms with Gasteiger partial charge in [0.1, 0.15) is 0 Å². The van der Waals surface area contributed by atoms with Crippen LogP contribution in [0.4, 0.5) is 13.2 Å². The second-order valence-electron chi connectivity index (χ2n) is 4.53. The van der Waals surface area contributed by atoms with Crippen LogP contribution in [0.5, 0.6) is 0 Å². The van der Waals surface area contributed by atoms with Gasteiger partial charge in [-0.2, -0.15) is 13.2 Å². The maximum Gasteiger partial charge on any atom is 0.416 e. The van der Waals surface area contributed by atoms with Crippen molar-refractivity contribution >= 4 is 0 Å². The molecule has 1 unspecified atom stereocenters. The Morgan fingerprint density at radius 3 is 2.06 bits per heavy atom. The number of halogens is 3. The molecule has 1 rings (SSSR count). The summed E-state index contributed by atoms with van der Waals surface area (Å²) in [4.78, 5) is 0. The molecule has 18 heavy (non-hydrogen) atoms. The number of nitrogens with one attached hydrogen (secondary N) is 1. The summed E-state index contributed by atoms with van der Waals surface area (Å²) in [6, 6.07) is 4.61. The maximum atomic E-state index is 12.4. The predicted octanol–water partition coefficient (Wildman–Crippen LogP) is 2.91. The lowest BCUT2D eigenvalue weighted by Gasteiger charge is -2.24. The van der Waals surface area contributed by atoms with Crippen LogP contribution in [-0.2, 0) is 11.8 Å². The first kappa shape index (κ1) is 15.0. The first-order chi connectivity index (χ1) is 8.27. The van der Waals surface area contributed by atoms with E-state index in [1.165, 1.54) is 12.1 Å². The molecule has 102 valence electrons. The standard InChI is InChI=1S/C13H18F3NO/c1-3-8-17-9-12(2,18)10-4-6-11(7-5-10)13(14,15)16/h4-7,17-18H,3,8-9H2,1-2H3. The molecule has 0 fully saturated rings. The van der Waals surface area contributed by atoms with Gasteiger partial charge in [-0.1, -0.05) is 19.1 Å². The lowest BCUT2D eigenvalue weighted by molar-refractivity contribution is -0.137. The van der Waals surface area contributed by atoms with Crippen LogP contribution < -0.4 is 5.32 Å². The highest BCUT2D eigenvalue weighted by molar-refractivity contribution is 5.28. The predicted molar refractivity (Wildman–Crippen MR) is 64.2 cm³/mol. The smallest absolute Gasteiger partial charge is 0.384 e. The molecular formula is C13H18F3NO. The van der Waals surface area contributed by atoms with E-state index in [0.717, 1.165) is 25.1 Å². The van der Waals surface area contributed by atoms with Gasteiger partial charge in [0.25, 0.3) is 0 Å². The highest BCUT2D eigenvalue weighted by atomic mass is 19.4. The van der Waals surface area contributed by atoms with Gasteiger partial charge in [-0.05, 0) is 37.6 Å². The van der Waals surface area contributed by atoms with Crippen molar-refractivity contribution in [1.82, 2.24) is 5.32 Å². The Labute approximate surface area is 105 Å². The summed E-state index contributed by atoms with van der Waals surface area (Å²) < 4.78 is 37.2. The van der Waals surface area contributed by atoms with Crippen LogP contribution in [0.3, 0.4) is 0 Å². The van der Waals surface area contributed by atoms with Crippen LogP contribution in [0.1, 0.15) is 31.4 Å². The summed E-state index contributed by atoms with van der Waals surface area (Å²) >= 11 is 0. The highest BCUT2D eigenvalue weighted by Crippen LogP contribution is 2.30. The van der Waals surface area contributed by atoms with Crippen molar-refractivity contribution in [3.8, 4) is 0 Å². The van der Waals surface area contributed by atoms with Crippen molar-refractivity contribution in [2.75, 3.05) is 13.1 Å². The summed E-state index contributed by atoms with van der Waals surface area (Å²) in [5, 5.41) is 13.2. The van der Waals surface area contributed by atoms with Crippen molar-refractivity contribution in [1.29, 1.82) is 0 Å². The molecule has 0 bridgehead atoms. The van der Waals surface area contributed by atoms with E-state index in [2.05, 4.69) is 5.32 Å². The molecule has 0 aliphatic carbocycles. The molecule has 0 saturated heterocycles. The Morgan fingerprint density at radius 2 is 1.61 bits per heavy atom. The minimum Gasteiger partial charge on any atom is -0.384 e. The van der Waals surface area contributed by atoms with E-state index in [1.807, 2.05) is 6.92 Å². The quantitative estimate of drug-likeness (QED) is 0.799. The van der Waals surface area contributed by atoms with Gasteiger partial charge < -0.3 is 10.4 Å². The zero-order chi connectivity index (χ0) is 13.8. The van der Waals surface area contributed by atoms with Crippen LogP contribution >= 0.6 is 0 Å². The van der Waals surface area contributed by atoms with E-state index in [-0.39, 0.29) is 0 Å². The third-order valence-electron chi connectivity index (χ3n) is 2.73. The summed E-state index contributed by atoms with van der Waals surface area (Å²) in [5.41, 5.74) is -1.40. The SMILES string of the molecule is CCCNCC(C)(O)c1ccc(C(F)(F)F)cc1. The minimum absolute atomic E-state index is 0.312. The second kappa shape index (κ2) is 5.71. The Hall–Kier alpha value is -1.07. The third-order valence-corrected chi connectivity index (χ3v) is 2.73. The van der Waals surface area contributed by atoms with Gasteiger partial charge in [-0.15, -0.1) is 0 Å². The summed E-state index contributed by atoms with van der Waals surface area (Å²) in [7, 11) is 0. The molecule has 0 radical (unpaired) electrons. The molecule has 1 atom stereocenters. The van der Waals surface area contributed by atoms with Crippen LogP contribution in [0.2, 0.25) is 0 Å². The van der Waals surface area contributed by atoms with Crippen LogP contribution in [0, 0.1) is 0 Å². The van der Waals surface area contributed by atoms with Gasteiger partial charge in [-0.25, -0.2) is 0 Å². The molecule has 0 aromatic heterocycles. The summed E-state index contributed by atoms with van der Waals surface area (Å²) in [5.74, 6) is 0. The largest absolute Gasteiger partial charge is 0.416 e. The fourth-order valence-electron chi connectivity index (χ4n) is 1.63. The molecule has 0 spiro atoms. The lowest BCUT2D eigenvalue weighted by atomic mass is 9.95. The summed E-state index contributed by atoms with van der Waals surface area (Å²) in [6.07, 6.45) is -3.41. The number of aliphatic hydroxyl groups is 1. The Balaban J connectivity index is 2.77. The molecule has 1 aromatic carbocycles. The van der Waals surface area contributed by atoms with Gasteiger partial charge in [0.15, 0.2) is 0 Å². The topological polar surface area (TPSA) is 32.3 Å². The highest BCUT2D eigenvalue weighted by Gasteiger charge is 2.31. The van der Waals surface area contributed by atoms with Gasteiger partial charge in [-0.3, -0.25) is 0 Å². The van der Waals surface area contributed by atoms with Crippen molar-refractivity contribution < 1.29 is 18.3 Å². The van der Waals surface area contributed by atoms with Gasteiger partial charge in [0, 0.05) is 6.54 Å². The molecular weight excluding hydrogens is 243 g/mol. The summed E-state index contributed by atoms with van der Waals surface area (Å²) in [6.45, 7) is 4.65. The molecule has 0 amide bonds. The van der Waals surface area contributed by atoms with E-state index in [0.29, 0.717) is 12.1 Å². The van der Waals surface area contributed by atoms with Crippen LogP contribution in [-0.4, -0.2) is 18.2 Å². The monoisotopic (exact) mass is 261 g/mol. The van der Waals surface area contributed by atoms with Gasteiger partial charge in [0.2, 0.25) is 0 Å². The van der Waals surface area contributed by atoms with E-state index in [1.54, 1.807) is 6.92 Å². The number of hydrogen-bond donors (Lipinski definition) is 2.